The van der Waals surface area contributed by atoms with E-state index in [0.717, 1.165) is 11.1 Å². The molecule has 0 amide bonds. The predicted molar refractivity (Wildman–Crippen MR) is 121 cm³/mol. The van der Waals surface area contributed by atoms with Gasteiger partial charge in [-0.2, -0.15) is 0 Å². The molecule has 0 bridgehead atoms. The van der Waals surface area contributed by atoms with Gasteiger partial charge >= 0.3 is 0 Å². The molecule has 8 heteroatoms. The first kappa shape index (κ1) is 20.4. The fourth-order valence-electron chi connectivity index (χ4n) is 3.18. The van der Waals surface area contributed by atoms with Crippen LogP contribution in [0.1, 0.15) is 11.1 Å². The highest BCUT2D eigenvalue weighted by atomic mass is 31.2. The second-order valence-electron chi connectivity index (χ2n) is 6.78. The van der Waals surface area contributed by atoms with Crippen LogP contribution in [0.15, 0.2) is 90.5 Å². The molecule has 156 valence electrons. The van der Waals surface area contributed by atoms with Crippen molar-refractivity contribution in [2.45, 2.75) is 0 Å². The van der Waals surface area contributed by atoms with Crippen LogP contribution in [0.5, 0.6) is 5.75 Å². The molecule has 7 nitrogen and oxygen atoms in total. The second-order valence-corrected chi connectivity index (χ2v) is 8.94. The number of nitro benzene ring substituents is 1. The lowest BCUT2D eigenvalue weighted by molar-refractivity contribution is -0.384. The van der Waals surface area contributed by atoms with Crippen LogP contribution in [0, 0.1) is 10.1 Å². The summed E-state index contributed by atoms with van der Waals surface area (Å²) in [6, 6.07) is 22.8. The van der Waals surface area contributed by atoms with Crippen molar-refractivity contribution in [2.24, 2.45) is 0 Å². The highest BCUT2D eigenvalue weighted by Gasteiger charge is 2.28. The monoisotopic (exact) mass is 434 g/mol. The third-order valence-corrected chi connectivity index (χ3v) is 6.47. The molecule has 0 saturated heterocycles. The summed E-state index contributed by atoms with van der Waals surface area (Å²) >= 11 is 0. The summed E-state index contributed by atoms with van der Waals surface area (Å²) in [4.78, 5) is 10.7. The fraction of sp³-hybridized carbons (Fsp3) is 0.0435. The average Bonchev–Trinajstić information content (AvgIpc) is 2.79. The van der Waals surface area contributed by atoms with Gasteiger partial charge in [-0.1, -0.05) is 60.7 Å². The van der Waals surface area contributed by atoms with E-state index >= 15 is 0 Å². The molecule has 0 unspecified atom stereocenters. The number of non-ortho nitro benzene ring substituents is 1. The molecule has 3 aromatic carbocycles. The van der Waals surface area contributed by atoms with Crippen molar-refractivity contribution in [3.63, 3.8) is 0 Å². The van der Waals surface area contributed by atoms with E-state index in [1.54, 1.807) is 0 Å². The summed E-state index contributed by atoms with van der Waals surface area (Å²) < 4.78 is 25.3. The standard InChI is InChI=1S/C23H19N2O5P/c1-29-21-13-12-19(25(26)27)14-20(21)24-31(28)15-22(17-8-4-2-5-9-17)30-23(16-31)18-10-6-3-7-11-18/h2-16H,1H3,(H,24,28). The molecule has 0 aliphatic carbocycles. The molecule has 3 aromatic rings. The number of nitrogens with one attached hydrogen (secondary N) is 1. The van der Waals surface area contributed by atoms with E-state index in [9.17, 15) is 14.7 Å². The predicted octanol–water partition coefficient (Wildman–Crippen LogP) is 6.32. The Labute approximate surface area is 179 Å². The van der Waals surface area contributed by atoms with E-state index in [2.05, 4.69) is 5.09 Å². The minimum atomic E-state index is -3.37. The van der Waals surface area contributed by atoms with Gasteiger partial charge in [-0.15, -0.1) is 0 Å². The Morgan fingerprint density at radius 3 is 1.94 bits per heavy atom. The Morgan fingerprint density at radius 2 is 1.45 bits per heavy atom. The molecule has 1 heterocycles. The lowest BCUT2D eigenvalue weighted by atomic mass is 10.2. The Bertz CT molecular complexity index is 1160. The SMILES string of the molecule is COc1ccc([N+](=O)[O-])cc1NP1(=O)C=C(c2ccccc2)OC(c2ccccc2)=C1. The van der Waals surface area contributed by atoms with E-state index in [1.807, 2.05) is 60.7 Å². The topological polar surface area (TPSA) is 90.7 Å². The van der Waals surface area contributed by atoms with Gasteiger partial charge in [0.1, 0.15) is 17.3 Å². The van der Waals surface area contributed by atoms with Gasteiger partial charge in [0.2, 0.25) is 7.29 Å². The molecule has 1 aliphatic rings. The molecule has 0 atom stereocenters. The maximum atomic E-state index is 14.0. The number of hydrogen-bond acceptors (Lipinski definition) is 5. The summed E-state index contributed by atoms with van der Waals surface area (Å²) in [5.74, 6) is 4.25. The summed E-state index contributed by atoms with van der Waals surface area (Å²) in [6.45, 7) is 0. The number of nitro groups is 1. The molecular weight excluding hydrogens is 415 g/mol. The molecule has 0 fully saturated rings. The zero-order chi connectivity index (χ0) is 21.8. The lowest BCUT2D eigenvalue weighted by Crippen LogP contribution is -2.04. The van der Waals surface area contributed by atoms with E-state index in [-0.39, 0.29) is 11.4 Å². The van der Waals surface area contributed by atoms with E-state index in [4.69, 9.17) is 9.47 Å². The second kappa shape index (κ2) is 8.50. The van der Waals surface area contributed by atoms with Crippen molar-refractivity contribution in [3.05, 3.63) is 112 Å². The first-order chi connectivity index (χ1) is 15.0. The Morgan fingerprint density at radius 1 is 0.903 bits per heavy atom. The Kier molecular flexibility index (Phi) is 5.60. The smallest absolute Gasteiger partial charge is 0.271 e. The third-order valence-electron chi connectivity index (χ3n) is 4.64. The Balaban J connectivity index is 1.81. The van der Waals surface area contributed by atoms with Crippen molar-refractivity contribution in [1.29, 1.82) is 0 Å². The van der Waals surface area contributed by atoms with E-state index < -0.39 is 12.2 Å². The molecule has 1 aliphatic heterocycles. The van der Waals surface area contributed by atoms with Crippen molar-refractivity contribution >= 4 is 30.2 Å². The zero-order valence-electron chi connectivity index (χ0n) is 16.6. The molecule has 0 aromatic heterocycles. The van der Waals surface area contributed by atoms with Gasteiger partial charge in [-0.3, -0.25) is 14.7 Å². The van der Waals surface area contributed by atoms with Gasteiger partial charge < -0.3 is 14.6 Å². The first-order valence-electron chi connectivity index (χ1n) is 9.42. The highest BCUT2D eigenvalue weighted by molar-refractivity contribution is 7.72. The minimum Gasteiger partial charge on any atom is -0.495 e. The molecule has 4 rings (SSSR count). The zero-order valence-corrected chi connectivity index (χ0v) is 17.5. The van der Waals surface area contributed by atoms with Crippen molar-refractivity contribution in [1.82, 2.24) is 0 Å². The number of benzene rings is 3. The molecule has 0 saturated carbocycles. The van der Waals surface area contributed by atoms with Crippen LogP contribution in [0.2, 0.25) is 0 Å². The number of hydrogen-bond donors (Lipinski definition) is 1. The van der Waals surface area contributed by atoms with Crippen LogP contribution in [0.3, 0.4) is 0 Å². The summed E-state index contributed by atoms with van der Waals surface area (Å²) in [5.41, 5.74) is 1.64. The molecule has 31 heavy (non-hydrogen) atoms. The number of nitrogens with zero attached hydrogens (tertiary/aromatic N) is 1. The number of methoxy groups -OCH3 is 1. The molecular formula is C23H19N2O5P. The summed E-state index contributed by atoms with van der Waals surface area (Å²) in [6.07, 6.45) is 0. The molecule has 0 radical (unpaired) electrons. The van der Waals surface area contributed by atoms with Crippen LogP contribution in [0.25, 0.3) is 11.5 Å². The molecule has 0 spiro atoms. The van der Waals surface area contributed by atoms with Crippen molar-refractivity contribution in [3.8, 4) is 5.75 Å². The van der Waals surface area contributed by atoms with Crippen LogP contribution >= 0.6 is 7.29 Å². The quantitative estimate of drug-likeness (QED) is 0.277. The maximum Gasteiger partial charge on any atom is 0.271 e. The highest BCUT2D eigenvalue weighted by Crippen LogP contribution is 2.57. The Hall–Kier alpha value is -3.83. The largest absolute Gasteiger partial charge is 0.495 e. The molecule has 1 N–H and O–H groups in total. The first-order valence-corrected chi connectivity index (χ1v) is 11.3. The van der Waals surface area contributed by atoms with Gasteiger partial charge in [-0.25, -0.2) is 0 Å². The van der Waals surface area contributed by atoms with Crippen LogP contribution in [-0.2, 0) is 9.30 Å². The van der Waals surface area contributed by atoms with Crippen LogP contribution in [0.4, 0.5) is 11.4 Å². The fourth-order valence-corrected chi connectivity index (χ4v) is 5.03. The number of anilines is 1. The summed E-state index contributed by atoms with van der Waals surface area (Å²) in [7, 11) is -1.92. The maximum absolute atomic E-state index is 14.0. The van der Waals surface area contributed by atoms with Gasteiger partial charge in [0.25, 0.3) is 5.69 Å². The van der Waals surface area contributed by atoms with Gasteiger partial charge in [0.15, 0.2) is 0 Å². The van der Waals surface area contributed by atoms with Gasteiger partial charge in [-0.05, 0) is 6.07 Å². The van der Waals surface area contributed by atoms with Crippen molar-refractivity contribution < 1.29 is 19.0 Å². The van der Waals surface area contributed by atoms with Crippen molar-refractivity contribution in [2.75, 3.05) is 12.2 Å². The van der Waals surface area contributed by atoms with E-state index in [1.165, 1.54) is 36.9 Å². The average molecular weight is 434 g/mol. The van der Waals surface area contributed by atoms with E-state index in [0.29, 0.717) is 17.3 Å². The summed E-state index contributed by atoms with van der Waals surface area (Å²) in [5, 5.41) is 14.2. The number of rotatable bonds is 6. The lowest BCUT2D eigenvalue weighted by Gasteiger charge is -2.24. The van der Waals surface area contributed by atoms with Gasteiger partial charge in [0, 0.05) is 34.9 Å². The number of ether oxygens (including phenoxy) is 2. The minimum absolute atomic E-state index is 0.136. The van der Waals surface area contributed by atoms with Crippen LogP contribution < -0.4 is 9.82 Å². The van der Waals surface area contributed by atoms with Crippen LogP contribution in [-0.4, -0.2) is 12.0 Å². The normalized spacial score (nSPS) is 14.6. The van der Waals surface area contributed by atoms with Gasteiger partial charge in [0.05, 0.1) is 17.7 Å². The third kappa shape index (κ3) is 4.52.